The molecule has 1 aromatic carbocycles. The summed E-state index contributed by atoms with van der Waals surface area (Å²) in [4.78, 5) is 5.86. The van der Waals surface area contributed by atoms with Gasteiger partial charge in [-0.2, -0.15) is 5.10 Å². The van der Waals surface area contributed by atoms with Crippen LogP contribution in [0.4, 0.5) is 0 Å². The molecule has 8 heteroatoms. The molecule has 0 amide bonds. The van der Waals surface area contributed by atoms with E-state index in [-0.39, 0.29) is 19.2 Å². The second-order valence-corrected chi connectivity index (χ2v) is 7.61. The van der Waals surface area contributed by atoms with Crippen molar-refractivity contribution >= 4 is 41.6 Å². The first-order chi connectivity index (χ1) is 12.2. The minimum Gasteiger partial charge on any atom is -0.454 e. The fraction of sp³-hybridized carbons (Fsp3) is 0.444. The van der Waals surface area contributed by atoms with E-state index < -0.39 is 0 Å². The third-order valence-corrected chi connectivity index (χ3v) is 5.80. The normalized spacial score (nSPS) is 17.7. The first kappa shape index (κ1) is 19.3. The Morgan fingerprint density at radius 3 is 2.69 bits per heavy atom. The standard InChI is InChI=1S/C18H20ClN3O2S.ClH/c1-12-10-25-18(21-14-5-3-2-4-6-14)22(12)20-9-13-7-16-17(8-15(13)19)24-11-23-16;/h7-10,14H,2-6,11H2,1H3;1H/b20-9+,21-18?;. The highest BCUT2D eigenvalue weighted by atomic mass is 35.5. The van der Waals surface area contributed by atoms with Crippen molar-refractivity contribution in [2.75, 3.05) is 6.79 Å². The lowest BCUT2D eigenvalue weighted by atomic mass is 9.96. The highest BCUT2D eigenvalue weighted by Crippen LogP contribution is 2.36. The van der Waals surface area contributed by atoms with Gasteiger partial charge in [0.05, 0.1) is 23.0 Å². The lowest BCUT2D eigenvalue weighted by Gasteiger charge is -2.16. The highest BCUT2D eigenvalue weighted by molar-refractivity contribution is 7.07. The van der Waals surface area contributed by atoms with Crippen LogP contribution in [0.1, 0.15) is 43.4 Å². The molecule has 0 saturated heterocycles. The van der Waals surface area contributed by atoms with E-state index in [1.807, 2.05) is 17.7 Å². The first-order valence-corrected chi connectivity index (χ1v) is 9.81. The van der Waals surface area contributed by atoms with Crippen molar-refractivity contribution < 1.29 is 9.47 Å². The second kappa shape index (κ2) is 8.46. The summed E-state index contributed by atoms with van der Waals surface area (Å²) in [5.74, 6) is 1.37. The Kier molecular flexibility index (Phi) is 6.27. The molecule has 5 nitrogen and oxygen atoms in total. The zero-order valence-corrected chi connectivity index (χ0v) is 16.9. The predicted octanol–water partition coefficient (Wildman–Crippen LogP) is 4.78. The number of aromatic nitrogens is 1. The van der Waals surface area contributed by atoms with Gasteiger partial charge in [0.15, 0.2) is 11.5 Å². The molecule has 0 atom stereocenters. The molecule has 2 heterocycles. The van der Waals surface area contributed by atoms with Crippen molar-refractivity contribution in [3.05, 3.63) is 38.6 Å². The summed E-state index contributed by atoms with van der Waals surface area (Å²) in [6, 6.07) is 4.04. The van der Waals surface area contributed by atoms with Crippen LogP contribution >= 0.6 is 35.3 Å². The fourth-order valence-electron chi connectivity index (χ4n) is 3.13. The minimum absolute atomic E-state index is 0. The molecule has 0 unspecified atom stereocenters. The number of aryl methyl sites for hydroxylation is 1. The number of nitrogens with zero attached hydrogens (tertiary/aromatic N) is 3. The highest BCUT2D eigenvalue weighted by Gasteiger charge is 2.16. The molecule has 140 valence electrons. The summed E-state index contributed by atoms with van der Waals surface area (Å²) in [7, 11) is 0. The van der Waals surface area contributed by atoms with Crippen molar-refractivity contribution in [1.82, 2.24) is 4.68 Å². The Bertz CT molecular complexity index is 870. The van der Waals surface area contributed by atoms with Gasteiger partial charge in [-0.1, -0.05) is 30.9 Å². The quantitative estimate of drug-likeness (QED) is 0.679. The number of fused-ring (bicyclic) bond motifs is 1. The molecule has 26 heavy (non-hydrogen) atoms. The summed E-state index contributed by atoms with van der Waals surface area (Å²) >= 11 is 7.96. The van der Waals surface area contributed by atoms with Gasteiger partial charge in [-0.05, 0) is 25.8 Å². The van der Waals surface area contributed by atoms with Crippen LogP contribution in [0.25, 0.3) is 0 Å². The summed E-state index contributed by atoms with van der Waals surface area (Å²) < 4.78 is 12.6. The van der Waals surface area contributed by atoms with Crippen LogP contribution in [0.5, 0.6) is 11.5 Å². The van der Waals surface area contributed by atoms with Gasteiger partial charge in [0.1, 0.15) is 0 Å². The van der Waals surface area contributed by atoms with Gasteiger partial charge in [-0.15, -0.1) is 23.7 Å². The minimum atomic E-state index is 0. The van der Waals surface area contributed by atoms with Gasteiger partial charge in [0.2, 0.25) is 11.6 Å². The van der Waals surface area contributed by atoms with Crippen LogP contribution in [0.15, 0.2) is 27.6 Å². The Morgan fingerprint density at radius 2 is 1.92 bits per heavy atom. The number of halogens is 2. The van der Waals surface area contributed by atoms with Gasteiger partial charge in [0.25, 0.3) is 0 Å². The Balaban J connectivity index is 0.00000196. The zero-order chi connectivity index (χ0) is 17.2. The zero-order valence-electron chi connectivity index (χ0n) is 14.5. The molecular weight excluding hydrogens is 393 g/mol. The van der Waals surface area contributed by atoms with Crippen LogP contribution in [-0.2, 0) is 0 Å². The van der Waals surface area contributed by atoms with Crippen LogP contribution in [0.2, 0.25) is 5.02 Å². The van der Waals surface area contributed by atoms with Crippen molar-refractivity contribution in [3.63, 3.8) is 0 Å². The second-order valence-electron chi connectivity index (χ2n) is 6.36. The molecule has 2 aromatic rings. The van der Waals surface area contributed by atoms with E-state index in [4.69, 9.17) is 26.1 Å². The Labute approximate surface area is 167 Å². The number of benzene rings is 1. The number of hydrogen-bond acceptors (Lipinski definition) is 5. The fourth-order valence-corrected chi connectivity index (χ4v) is 4.21. The van der Waals surface area contributed by atoms with Crippen LogP contribution in [-0.4, -0.2) is 23.7 Å². The predicted molar refractivity (Wildman–Crippen MR) is 107 cm³/mol. The molecule has 4 rings (SSSR count). The number of rotatable bonds is 3. The van der Waals surface area contributed by atoms with Crippen molar-refractivity contribution in [1.29, 1.82) is 0 Å². The van der Waals surface area contributed by atoms with E-state index in [1.54, 1.807) is 23.6 Å². The van der Waals surface area contributed by atoms with Crippen molar-refractivity contribution in [3.8, 4) is 11.5 Å². The Hall–Kier alpha value is -1.50. The summed E-state index contributed by atoms with van der Waals surface area (Å²) in [5.41, 5.74) is 1.86. The molecule has 1 aliphatic carbocycles. The number of ether oxygens (including phenoxy) is 2. The Morgan fingerprint density at radius 1 is 1.19 bits per heavy atom. The lowest BCUT2D eigenvalue weighted by molar-refractivity contribution is 0.174. The molecule has 1 fully saturated rings. The largest absolute Gasteiger partial charge is 0.454 e. The van der Waals surface area contributed by atoms with Gasteiger partial charge in [-0.25, -0.2) is 4.68 Å². The third kappa shape index (κ3) is 4.08. The molecule has 2 aliphatic rings. The van der Waals surface area contributed by atoms with Crippen LogP contribution < -0.4 is 14.3 Å². The summed E-state index contributed by atoms with van der Waals surface area (Å²) in [6.45, 7) is 2.27. The van der Waals surface area contributed by atoms with Gasteiger partial charge in [-0.3, -0.25) is 4.99 Å². The molecule has 0 N–H and O–H groups in total. The van der Waals surface area contributed by atoms with Crippen LogP contribution in [0, 0.1) is 6.92 Å². The van der Waals surface area contributed by atoms with E-state index in [2.05, 4.69) is 10.5 Å². The maximum Gasteiger partial charge on any atom is 0.231 e. The molecule has 0 spiro atoms. The first-order valence-electron chi connectivity index (χ1n) is 8.55. The van der Waals surface area contributed by atoms with E-state index in [0.717, 1.165) is 16.1 Å². The maximum atomic E-state index is 6.33. The number of hydrogen-bond donors (Lipinski definition) is 0. The van der Waals surface area contributed by atoms with E-state index in [0.29, 0.717) is 22.6 Å². The summed E-state index contributed by atoms with van der Waals surface area (Å²) in [6.07, 6.45) is 7.98. The lowest BCUT2D eigenvalue weighted by Crippen LogP contribution is -2.19. The molecular formula is C18H21Cl2N3O2S. The topological polar surface area (TPSA) is 48.1 Å². The molecule has 1 saturated carbocycles. The maximum absolute atomic E-state index is 6.33. The average molecular weight is 414 g/mol. The van der Waals surface area contributed by atoms with E-state index in [9.17, 15) is 0 Å². The SMILES string of the molecule is Cc1csc(=NC2CCCCC2)n1/N=C/c1cc2c(cc1Cl)OCO2.Cl. The third-order valence-electron chi connectivity index (χ3n) is 4.52. The average Bonchev–Trinajstić information content (AvgIpc) is 3.20. The molecule has 1 aromatic heterocycles. The van der Waals surface area contributed by atoms with Gasteiger partial charge in [0, 0.05) is 17.0 Å². The van der Waals surface area contributed by atoms with E-state index >= 15 is 0 Å². The molecule has 0 bridgehead atoms. The number of thiazole rings is 1. The summed E-state index contributed by atoms with van der Waals surface area (Å²) in [5, 5.41) is 7.29. The molecule has 0 radical (unpaired) electrons. The van der Waals surface area contributed by atoms with Crippen molar-refractivity contribution in [2.45, 2.75) is 45.1 Å². The smallest absolute Gasteiger partial charge is 0.231 e. The van der Waals surface area contributed by atoms with E-state index in [1.165, 1.54) is 32.1 Å². The monoisotopic (exact) mass is 413 g/mol. The van der Waals surface area contributed by atoms with Gasteiger partial charge < -0.3 is 9.47 Å². The molecule has 1 aliphatic heterocycles. The van der Waals surface area contributed by atoms with Crippen molar-refractivity contribution in [2.24, 2.45) is 10.1 Å². The van der Waals surface area contributed by atoms with Gasteiger partial charge >= 0.3 is 0 Å². The van der Waals surface area contributed by atoms with Crippen LogP contribution in [0.3, 0.4) is 0 Å².